The van der Waals surface area contributed by atoms with Gasteiger partial charge in [-0.05, 0) is 55.0 Å². The Morgan fingerprint density at radius 3 is 2.33 bits per heavy atom. The van der Waals surface area contributed by atoms with Gasteiger partial charge in [0.05, 0.1) is 30.1 Å². The Hall–Kier alpha value is -3.46. The molecule has 0 aliphatic carbocycles. The van der Waals surface area contributed by atoms with Gasteiger partial charge in [0, 0.05) is 30.3 Å². The maximum atomic E-state index is 15.0. The number of halogens is 1. The van der Waals surface area contributed by atoms with Crippen LogP contribution in [0.2, 0.25) is 5.02 Å². The van der Waals surface area contributed by atoms with Gasteiger partial charge in [-0.15, -0.1) is 13.2 Å². The monoisotopic (exact) mass is 647 g/mol. The highest BCUT2D eigenvalue weighted by Crippen LogP contribution is 2.65. The molecule has 3 saturated heterocycles. The van der Waals surface area contributed by atoms with E-state index in [-0.39, 0.29) is 36.8 Å². The molecule has 3 fully saturated rings. The Kier molecular flexibility index (Phi) is 10.1. The van der Waals surface area contributed by atoms with E-state index in [2.05, 4.69) is 13.2 Å². The van der Waals surface area contributed by atoms with E-state index in [4.69, 9.17) is 16.3 Å². The molecule has 0 radical (unpaired) electrons. The van der Waals surface area contributed by atoms with Gasteiger partial charge in [0.15, 0.2) is 0 Å². The maximum absolute atomic E-state index is 15.0. The van der Waals surface area contributed by atoms with E-state index in [9.17, 15) is 19.5 Å². The van der Waals surface area contributed by atoms with Crippen molar-refractivity contribution in [1.82, 2.24) is 9.80 Å². The highest BCUT2D eigenvalue weighted by atomic mass is 35.5. The molecule has 3 heterocycles. The topological polar surface area (TPSA) is 90.4 Å². The lowest BCUT2D eigenvalue weighted by atomic mass is 9.64. The van der Waals surface area contributed by atoms with E-state index in [0.717, 1.165) is 5.56 Å². The third kappa shape index (κ3) is 5.58. The van der Waals surface area contributed by atoms with E-state index in [1.807, 2.05) is 51.1 Å². The summed E-state index contributed by atoms with van der Waals surface area (Å²) in [7, 11) is 0. The molecular formula is C37H46ClN3O5. The molecule has 1 spiro atoms. The zero-order valence-electron chi connectivity index (χ0n) is 27.1. The predicted octanol–water partition coefficient (Wildman–Crippen LogP) is 5.64. The number of amides is 3. The number of anilines is 1. The van der Waals surface area contributed by atoms with Crippen molar-refractivity contribution in [1.29, 1.82) is 0 Å². The van der Waals surface area contributed by atoms with Crippen molar-refractivity contribution < 1.29 is 24.2 Å². The van der Waals surface area contributed by atoms with Crippen molar-refractivity contribution in [3.05, 3.63) is 90.5 Å². The first-order valence-electron chi connectivity index (χ1n) is 16.4. The smallest absolute Gasteiger partial charge is 0.253 e. The molecule has 0 aromatic heterocycles. The Bertz CT molecular complexity index is 1450. The van der Waals surface area contributed by atoms with Crippen LogP contribution >= 0.6 is 11.6 Å². The van der Waals surface area contributed by atoms with Crippen LogP contribution in [0.1, 0.15) is 52.0 Å². The Morgan fingerprint density at radius 2 is 1.74 bits per heavy atom. The van der Waals surface area contributed by atoms with E-state index in [0.29, 0.717) is 49.5 Å². The van der Waals surface area contributed by atoms with E-state index >= 15 is 0 Å². The number of carbonyl (C=O) groups is 3. The summed E-state index contributed by atoms with van der Waals surface area (Å²) in [6.45, 7) is 14.3. The van der Waals surface area contributed by atoms with Crippen LogP contribution in [0.15, 0.2) is 79.9 Å². The van der Waals surface area contributed by atoms with Crippen LogP contribution in [0, 0.1) is 17.8 Å². The average Bonchev–Trinajstić information content (AvgIpc) is 3.68. The summed E-state index contributed by atoms with van der Waals surface area (Å²) in [5.74, 6) is -2.58. The molecule has 9 heteroatoms. The molecule has 2 aromatic rings. The second-order valence-corrected chi connectivity index (χ2v) is 13.4. The van der Waals surface area contributed by atoms with Gasteiger partial charge in [-0.3, -0.25) is 14.4 Å². The summed E-state index contributed by atoms with van der Waals surface area (Å²) in [4.78, 5) is 49.5. The second kappa shape index (κ2) is 13.7. The fourth-order valence-electron chi connectivity index (χ4n) is 8.09. The standard InChI is InChI=1S/C37H46ClN3O5/c1-6-21-39(23-26-13-11-10-12-14-26)33(43)30-31-34(44)41(29(24-42)25(5)8-3)32(37(31)20-19-36(30,9-4)46-37)35(45)40(22-7-2)28-17-15-27(38)16-18-28/h6-7,10-18,25,29-32,42H,1-2,8-9,19-24H2,3-5H3/t25-,29-,30-,31-,32?,36+,37?/m0/s1. The van der Waals surface area contributed by atoms with Gasteiger partial charge in [0.25, 0.3) is 5.91 Å². The molecule has 8 nitrogen and oxygen atoms in total. The Labute approximate surface area is 277 Å². The molecule has 46 heavy (non-hydrogen) atoms. The van der Waals surface area contributed by atoms with Crippen molar-refractivity contribution in [3.63, 3.8) is 0 Å². The minimum Gasteiger partial charge on any atom is -0.394 e. The number of fused-ring (bicyclic) bond motifs is 1. The molecule has 2 bridgehead atoms. The number of benzene rings is 2. The van der Waals surface area contributed by atoms with Crippen molar-refractivity contribution >= 4 is 35.0 Å². The number of carbonyl (C=O) groups excluding carboxylic acids is 3. The van der Waals surface area contributed by atoms with Crippen LogP contribution in [-0.2, 0) is 25.7 Å². The zero-order valence-corrected chi connectivity index (χ0v) is 27.9. The summed E-state index contributed by atoms with van der Waals surface area (Å²) in [6, 6.07) is 15.0. The van der Waals surface area contributed by atoms with Gasteiger partial charge in [-0.2, -0.15) is 0 Å². The van der Waals surface area contributed by atoms with Crippen molar-refractivity contribution in [2.45, 2.75) is 76.3 Å². The normalized spacial score (nSPS) is 27.6. The Balaban J connectivity index is 1.64. The van der Waals surface area contributed by atoms with Crippen molar-refractivity contribution in [2.24, 2.45) is 17.8 Å². The van der Waals surface area contributed by atoms with Crippen LogP contribution in [0.3, 0.4) is 0 Å². The predicted molar refractivity (Wildman–Crippen MR) is 180 cm³/mol. The zero-order chi connectivity index (χ0) is 33.2. The van der Waals surface area contributed by atoms with Crippen LogP contribution in [0.5, 0.6) is 0 Å². The number of hydrogen-bond donors (Lipinski definition) is 1. The van der Waals surface area contributed by atoms with E-state index in [1.54, 1.807) is 51.1 Å². The molecule has 3 aliphatic rings. The molecule has 2 aromatic carbocycles. The van der Waals surface area contributed by atoms with E-state index in [1.165, 1.54) is 0 Å². The lowest BCUT2D eigenvalue weighted by molar-refractivity contribution is -0.154. The van der Waals surface area contributed by atoms with Crippen LogP contribution < -0.4 is 4.90 Å². The third-order valence-electron chi connectivity index (χ3n) is 10.6. The summed E-state index contributed by atoms with van der Waals surface area (Å²) >= 11 is 6.19. The lowest BCUT2D eigenvalue weighted by Crippen LogP contribution is -2.60. The molecule has 0 saturated carbocycles. The van der Waals surface area contributed by atoms with Crippen LogP contribution in [-0.4, -0.2) is 75.6 Å². The first-order valence-corrected chi connectivity index (χ1v) is 16.7. The van der Waals surface area contributed by atoms with Gasteiger partial charge in [0.2, 0.25) is 11.8 Å². The van der Waals surface area contributed by atoms with Gasteiger partial charge in [-0.25, -0.2) is 0 Å². The maximum Gasteiger partial charge on any atom is 0.253 e. The molecule has 2 unspecified atom stereocenters. The first-order chi connectivity index (χ1) is 22.1. The first kappa shape index (κ1) is 33.9. The summed E-state index contributed by atoms with van der Waals surface area (Å²) in [5.41, 5.74) is -0.554. The number of aliphatic hydroxyl groups is 1. The number of rotatable bonds is 14. The number of ether oxygens (including phenoxy) is 1. The van der Waals surface area contributed by atoms with Gasteiger partial charge in [0.1, 0.15) is 11.6 Å². The molecule has 1 N–H and O–H groups in total. The fraction of sp³-hybridized carbons (Fsp3) is 0.486. The summed E-state index contributed by atoms with van der Waals surface area (Å²) in [5, 5.41) is 11.3. The van der Waals surface area contributed by atoms with Gasteiger partial charge in [-0.1, -0.05) is 81.3 Å². The molecule has 5 rings (SSSR count). The molecular weight excluding hydrogens is 602 g/mol. The fourth-order valence-corrected chi connectivity index (χ4v) is 8.22. The molecule has 246 valence electrons. The number of nitrogens with zero attached hydrogens (tertiary/aromatic N) is 3. The lowest BCUT2D eigenvalue weighted by Gasteiger charge is -2.41. The van der Waals surface area contributed by atoms with Crippen LogP contribution in [0.4, 0.5) is 5.69 Å². The molecule has 3 amide bonds. The van der Waals surface area contributed by atoms with Crippen molar-refractivity contribution in [3.8, 4) is 0 Å². The third-order valence-corrected chi connectivity index (χ3v) is 10.8. The van der Waals surface area contributed by atoms with Gasteiger partial charge >= 0.3 is 0 Å². The summed E-state index contributed by atoms with van der Waals surface area (Å²) < 4.78 is 7.05. The minimum absolute atomic E-state index is 0.107. The largest absolute Gasteiger partial charge is 0.394 e. The SMILES string of the molecule is C=CCN(Cc1ccccc1)C(=O)[C@@H]1[C@H]2C(=O)N([C@@H](CO)[C@@H](C)CC)C(C(=O)N(CC=C)c3ccc(Cl)cc3)C23CC[C@@]1(CC)O3. The Morgan fingerprint density at radius 1 is 1.07 bits per heavy atom. The minimum atomic E-state index is -1.23. The number of hydrogen-bond acceptors (Lipinski definition) is 5. The van der Waals surface area contributed by atoms with E-state index < -0.39 is 35.1 Å². The number of likely N-dealkylation sites (tertiary alicyclic amines) is 1. The highest BCUT2D eigenvalue weighted by molar-refractivity contribution is 6.30. The molecule has 7 atom stereocenters. The van der Waals surface area contributed by atoms with Crippen molar-refractivity contribution in [2.75, 3.05) is 24.6 Å². The second-order valence-electron chi connectivity index (χ2n) is 12.9. The summed E-state index contributed by atoms with van der Waals surface area (Å²) in [6.07, 6.45) is 5.55. The molecule has 3 aliphatic heterocycles. The number of aliphatic hydroxyl groups excluding tert-OH is 1. The van der Waals surface area contributed by atoms with Crippen LogP contribution in [0.25, 0.3) is 0 Å². The van der Waals surface area contributed by atoms with Gasteiger partial charge < -0.3 is 24.5 Å². The quantitative estimate of drug-likeness (QED) is 0.268. The average molecular weight is 648 g/mol. The highest BCUT2D eigenvalue weighted by Gasteiger charge is 2.79.